The van der Waals surface area contributed by atoms with Gasteiger partial charge >= 0.3 is 6.09 Å². The summed E-state index contributed by atoms with van der Waals surface area (Å²) in [4.78, 5) is 30.5. The molecule has 0 radical (unpaired) electrons. The van der Waals surface area contributed by atoms with E-state index in [-0.39, 0.29) is 6.04 Å². The maximum absolute atomic E-state index is 12.6. The first kappa shape index (κ1) is 18.1. The zero-order valence-corrected chi connectivity index (χ0v) is 16.0. The molecule has 4 aliphatic rings. The topological polar surface area (TPSA) is 64.1 Å². The van der Waals surface area contributed by atoms with Crippen LogP contribution >= 0.6 is 0 Å². The number of hydrogen-bond acceptors (Lipinski definition) is 3. The van der Waals surface area contributed by atoms with Crippen molar-refractivity contribution < 1.29 is 14.7 Å². The molecule has 26 heavy (non-hydrogen) atoms. The smallest absolute Gasteiger partial charge is 0.407 e. The first-order chi connectivity index (χ1) is 12.6. The molecule has 4 atom stereocenters. The fourth-order valence-corrected chi connectivity index (χ4v) is 6.27. The Balaban J connectivity index is 1.37. The van der Waals surface area contributed by atoms with Gasteiger partial charge in [0.25, 0.3) is 0 Å². The average Bonchev–Trinajstić information content (AvgIpc) is 3.22. The van der Waals surface area contributed by atoms with Crippen molar-refractivity contribution in [2.45, 2.75) is 88.9 Å². The number of rotatable bonds is 3. The van der Waals surface area contributed by atoms with Gasteiger partial charge in [-0.05, 0) is 44.4 Å². The molecule has 4 fully saturated rings. The number of carbonyl (C=O) groups is 2. The van der Waals surface area contributed by atoms with E-state index in [4.69, 9.17) is 0 Å². The van der Waals surface area contributed by atoms with Crippen molar-refractivity contribution in [1.82, 2.24) is 14.7 Å². The number of hydrogen-bond donors (Lipinski definition) is 1. The normalized spacial score (nSPS) is 36.6. The van der Waals surface area contributed by atoms with Gasteiger partial charge in [-0.2, -0.15) is 0 Å². The van der Waals surface area contributed by atoms with Crippen LogP contribution in [0.15, 0.2) is 0 Å². The van der Waals surface area contributed by atoms with Crippen LogP contribution in [-0.4, -0.2) is 75.6 Å². The number of carbonyl (C=O) groups excluding carboxylic acids is 1. The molecule has 6 nitrogen and oxygen atoms in total. The number of amides is 2. The van der Waals surface area contributed by atoms with Crippen molar-refractivity contribution in [3.63, 3.8) is 0 Å². The zero-order chi connectivity index (χ0) is 18.3. The van der Waals surface area contributed by atoms with Crippen LogP contribution in [0, 0.1) is 5.92 Å². The third kappa shape index (κ3) is 3.10. The molecule has 3 heterocycles. The van der Waals surface area contributed by atoms with Crippen LogP contribution in [0.5, 0.6) is 0 Å². The Labute approximate surface area is 156 Å². The Kier molecular flexibility index (Phi) is 5.13. The minimum atomic E-state index is -0.778. The monoisotopic (exact) mass is 363 g/mol. The van der Waals surface area contributed by atoms with E-state index in [2.05, 4.69) is 16.7 Å². The predicted octanol–water partition coefficient (Wildman–Crippen LogP) is 2.77. The highest BCUT2D eigenvalue weighted by Crippen LogP contribution is 2.40. The maximum Gasteiger partial charge on any atom is 0.407 e. The van der Waals surface area contributed by atoms with E-state index in [0.29, 0.717) is 36.5 Å². The summed E-state index contributed by atoms with van der Waals surface area (Å²) in [7, 11) is 0. The van der Waals surface area contributed by atoms with Crippen molar-refractivity contribution >= 4 is 12.0 Å². The van der Waals surface area contributed by atoms with Crippen LogP contribution < -0.4 is 0 Å². The van der Waals surface area contributed by atoms with Crippen molar-refractivity contribution in [2.75, 3.05) is 19.6 Å². The molecule has 0 spiro atoms. The molecular formula is C20H33N3O3. The van der Waals surface area contributed by atoms with E-state index in [1.54, 1.807) is 4.90 Å². The second-order valence-electron chi connectivity index (χ2n) is 8.69. The Bertz CT molecular complexity index is 546. The summed E-state index contributed by atoms with van der Waals surface area (Å²) >= 11 is 0. The summed E-state index contributed by atoms with van der Waals surface area (Å²) in [6.07, 6.45) is 8.93. The van der Waals surface area contributed by atoms with E-state index in [1.165, 1.54) is 25.7 Å². The molecule has 6 heteroatoms. The first-order valence-electron chi connectivity index (χ1n) is 10.6. The molecule has 0 bridgehead atoms. The lowest BCUT2D eigenvalue weighted by molar-refractivity contribution is -0.132. The van der Waals surface area contributed by atoms with Gasteiger partial charge in [-0.3, -0.25) is 9.69 Å². The Hall–Kier alpha value is -1.30. The third-order valence-electron chi connectivity index (χ3n) is 7.49. The molecule has 1 saturated carbocycles. The Morgan fingerprint density at radius 2 is 1.77 bits per heavy atom. The van der Waals surface area contributed by atoms with E-state index >= 15 is 0 Å². The van der Waals surface area contributed by atoms with Crippen LogP contribution in [0.25, 0.3) is 0 Å². The van der Waals surface area contributed by atoms with Crippen LogP contribution in [0.4, 0.5) is 4.79 Å². The van der Waals surface area contributed by atoms with Crippen molar-refractivity contribution in [3.05, 3.63) is 0 Å². The van der Waals surface area contributed by atoms with Crippen molar-refractivity contribution in [2.24, 2.45) is 5.92 Å². The Morgan fingerprint density at radius 3 is 2.46 bits per heavy atom. The summed E-state index contributed by atoms with van der Waals surface area (Å²) in [5.74, 6) is 1.00. The average molecular weight is 364 g/mol. The second kappa shape index (κ2) is 7.37. The SMILES string of the molecule is CCC1[C@@H](N2CCC(N3C(=O)C[C@H]4CCCC[C@@H]43)CC2)CCN1C(=O)O. The van der Waals surface area contributed by atoms with E-state index < -0.39 is 6.09 Å². The summed E-state index contributed by atoms with van der Waals surface area (Å²) in [6, 6.07) is 1.39. The molecule has 3 aliphatic heterocycles. The van der Waals surface area contributed by atoms with Crippen molar-refractivity contribution in [3.8, 4) is 0 Å². The van der Waals surface area contributed by atoms with Crippen LogP contribution in [0.2, 0.25) is 0 Å². The van der Waals surface area contributed by atoms with Gasteiger partial charge in [0.1, 0.15) is 0 Å². The van der Waals surface area contributed by atoms with E-state index in [0.717, 1.165) is 45.2 Å². The maximum atomic E-state index is 12.6. The Morgan fingerprint density at radius 1 is 1.04 bits per heavy atom. The van der Waals surface area contributed by atoms with Gasteiger partial charge in [0.15, 0.2) is 0 Å². The predicted molar refractivity (Wildman–Crippen MR) is 99.0 cm³/mol. The number of likely N-dealkylation sites (tertiary alicyclic amines) is 3. The molecular weight excluding hydrogens is 330 g/mol. The van der Waals surface area contributed by atoms with Gasteiger partial charge in [-0.25, -0.2) is 4.79 Å². The minimum Gasteiger partial charge on any atom is -0.465 e. The molecule has 0 aromatic carbocycles. The van der Waals surface area contributed by atoms with Gasteiger partial charge in [0.2, 0.25) is 5.91 Å². The fraction of sp³-hybridized carbons (Fsp3) is 0.900. The summed E-state index contributed by atoms with van der Waals surface area (Å²) in [5.41, 5.74) is 0. The van der Waals surface area contributed by atoms with Crippen LogP contribution in [0.3, 0.4) is 0 Å². The summed E-state index contributed by atoms with van der Waals surface area (Å²) in [6.45, 7) is 4.76. The highest BCUT2D eigenvalue weighted by atomic mass is 16.4. The van der Waals surface area contributed by atoms with Gasteiger partial charge in [0.05, 0.1) is 6.04 Å². The highest BCUT2D eigenvalue weighted by molar-refractivity contribution is 5.79. The lowest BCUT2D eigenvalue weighted by Gasteiger charge is -2.44. The molecule has 3 saturated heterocycles. The molecule has 1 unspecified atom stereocenters. The molecule has 1 aliphatic carbocycles. The number of carboxylic acid groups (broad SMARTS) is 1. The lowest BCUT2D eigenvalue weighted by Crippen LogP contribution is -2.53. The third-order valence-corrected chi connectivity index (χ3v) is 7.49. The van der Waals surface area contributed by atoms with Gasteiger partial charge in [-0.15, -0.1) is 0 Å². The number of fused-ring (bicyclic) bond motifs is 1. The quantitative estimate of drug-likeness (QED) is 0.837. The number of piperidine rings is 1. The largest absolute Gasteiger partial charge is 0.465 e. The van der Waals surface area contributed by atoms with Crippen LogP contribution in [-0.2, 0) is 4.79 Å². The van der Waals surface area contributed by atoms with Crippen LogP contribution in [0.1, 0.15) is 64.7 Å². The number of nitrogens with zero attached hydrogens (tertiary/aromatic N) is 3. The lowest BCUT2D eigenvalue weighted by atomic mass is 9.84. The zero-order valence-electron chi connectivity index (χ0n) is 16.0. The first-order valence-corrected chi connectivity index (χ1v) is 10.6. The fourth-order valence-electron chi connectivity index (χ4n) is 6.27. The van der Waals surface area contributed by atoms with Gasteiger partial charge in [-0.1, -0.05) is 19.8 Å². The van der Waals surface area contributed by atoms with Gasteiger partial charge in [0, 0.05) is 44.2 Å². The standard InChI is InChI=1S/C20H33N3O3/c1-2-16-18(9-12-22(16)20(25)26)21-10-7-15(8-11-21)23-17-6-4-3-5-14(17)13-19(23)24/h14-18H,2-13H2,1H3,(H,25,26)/t14-,16?,17+,18+/m1/s1. The molecule has 0 aromatic heterocycles. The van der Waals surface area contributed by atoms with Gasteiger partial charge < -0.3 is 14.9 Å². The molecule has 0 aromatic rings. The summed E-state index contributed by atoms with van der Waals surface area (Å²) < 4.78 is 0. The molecule has 146 valence electrons. The highest BCUT2D eigenvalue weighted by Gasteiger charge is 2.46. The van der Waals surface area contributed by atoms with E-state index in [9.17, 15) is 14.7 Å². The second-order valence-corrected chi connectivity index (χ2v) is 8.69. The summed E-state index contributed by atoms with van der Waals surface area (Å²) in [5, 5.41) is 9.42. The molecule has 1 N–H and O–H groups in total. The van der Waals surface area contributed by atoms with Crippen molar-refractivity contribution in [1.29, 1.82) is 0 Å². The van der Waals surface area contributed by atoms with E-state index in [1.807, 2.05) is 0 Å². The molecule has 4 rings (SSSR count). The molecule has 2 amide bonds. The minimum absolute atomic E-state index is 0.125.